The van der Waals surface area contributed by atoms with Gasteiger partial charge in [0.1, 0.15) is 28.9 Å². The Labute approximate surface area is 231 Å². The van der Waals surface area contributed by atoms with E-state index in [-0.39, 0.29) is 5.82 Å². The first kappa shape index (κ1) is 26.5. The van der Waals surface area contributed by atoms with E-state index in [1.165, 1.54) is 20.4 Å². The van der Waals surface area contributed by atoms with E-state index in [1.807, 2.05) is 43.3 Å². The van der Waals surface area contributed by atoms with Crippen molar-refractivity contribution in [2.24, 2.45) is 0 Å². The minimum atomic E-state index is -0.655. The maximum atomic E-state index is 14.0. The molecule has 2 heterocycles. The Morgan fingerprint density at radius 3 is 2.23 bits per heavy atom. The number of benzene rings is 3. The second-order valence-corrected chi connectivity index (χ2v) is 10.3. The molecule has 3 aromatic carbocycles. The number of ether oxygens (including phenoxy) is 2. The minimum Gasteiger partial charge on any atom is -0.457 e. The summed E-state index contributed by atoms with van der Waals surface area (Å²) in [4.78, 5) is 36.7. The molecule has 0 aliphatic carbocycles. The molecule has 0 spiro atoms. The standard InChI is InChI=1S/C30H30N6O4/c1-19-11-12-21(17-24(19)34(5)29(38)40-30(2,3)4)36-27-25(26(31)32-18-33-27)35(28(36)37)20-13-15-23(16-14-20)39-22-9-7-6-8-10-22/h6-18H,1-5H3,(H2,31,32,33). The van der Waals surface area contributed by atoms with Gasteiger partial charge in [-0.1, -0.05) is 24.3 Å². The molecule has 0 saturated carbocycles. The largest absolute Gasteiger partial charge is 0.457 e. The maximum Gasteiger partial charge on any atom is 0.414 e. The number of hydrogen-bond donors (Lipinski definition) is 1. The summed E-state index contributed by atoms with van der Waals surface area (Å²) in [5.41, 5.74) is 8.40. The van der Waals surface area contributed by atoms with Gasteiger partial charge >= 0.3 is 11.8 Å². The highest BCUT2D eigenvalue weighted by molar-refractivity contribution is 5.89. The van der Waals surface area contributed by atoms with Crippen LogP contribution in [-0.2, 0) is 4.74 Å². The molecule has 0 aliphatic heterocycles. The summed E-state index contributed by atoms with van der Waals surface area (Å²) in [6.45, 7) is 7.30. The Hall–Kier alpha value is -5.12. The van der Waals surface area contributed by atoms with Gasteiger partial charge in [-0.2, -0.15) is 0 Å². The molecule has 204 valence electrons. The first-order valence-electron chi connectivity index (χ1n) is 12.7. The smallest absolute Gasteiger partial charge is 0.414 e. The number of anilines is 2. The SMILES string of the molecule is Cc1ccc(-n2c(=O)n(-c3ccc(Oc4ccccc4)cc3)c3c(N)ncnc32)cc1N(C)C(=O)OC(C)(C)C. The molecular formula is C30H30N6O4. The first-order chi connectivity index (χ1) is 19.0. The van der Waals surface area contributed by atoms with Crippen LogP contribution in [0.15, 0.2) is 83.9 Å². The van der Waals surface area contributed by atoms with Gasteiger partial charge in [0.25, 0.3) is 0 Å². The van der Waals surface area contributed by atoms with Crippen molar-refractivity contribution in [2.75, 3.05) is 17.7 Å². The molecule has 0 atom stereocenters. The van der Waals surface area contributed by atoms with Gasteiger partial charge in [0.15, 0.2) is 11.5 Å². The topological polar surface area (TPSA) is 117 Å². The number of amides is 1. The Balaban J connectivity index is 1.60. The lowest BCUT2D eigenvalue weighted by Crippen LogP contribution is -2.34. The summed E-state index contributed by atoms with van der Waals surface area (Å²) < 4.78 is 14.4. The predicted octanol–water partition coefficient (Wildman–Crippen LogP) is 5.63. The number of fused-ring (bicyclic) bond motifs is 1. The van der Waals surface area contributed by atoms with E-state index in [9.17, 15) is 9.59 Å². The number of nitrogen functional groups attached to an aromatic ring is 1. The molecule has 0 bridgehead atoms. The molecule has 5 rings (SSSR count). The Bertz CT molecular complexity index is 1750. The van der Waals surface area contributed by atoms with Gasteiger partial charge in [0.05, 0.1) is 17.1 Å². The van der Waals surface area contributed by atoms with E-state index >= 15 is 0 Å². The molecule has 2 aromatic heterocycles. The lowest BCUT2D eigenvalue weighted by atomic mass is 10.1. The summed E-state index contributed by atoms with van der Waals surface area (Å²) in [7, 11) is 1.63. The summed E-state index contributed by atoms with van der Waals surface area (Å²) >= 11 is 0. The lowest BCUT2D eigenvalue weighted by molar-refractivity contribution is 0.0589. The molecular weight excluding hydrogens is 508 g/mol. The third-order valence-corrected chi connectivity index (χ3v) is 6.20. The molecule has 0 saturated heterocycles. The Morgan fingerprint density at radius 1 is 0.900 bits per heavy atom. The van der Waals surface area contributed by atoms with Gasteiger partial charge < -0.3 is 15.2 Å². The van der Waals surface area contributed by atoms with Crippen LogP contribution in [-0.4, -0.2) is 37.8 Å². The number of carbonyl (C=O) groups is 1. The number of nitrogens with two attached hydrogens (primary N) is 1. The van der Waals surface area contributed by atoms with Crippen LogP contribution in [0, 0.1) is 6.92 Å². The van der Waals surface area contributed by atoms with Crippen LogP contribution in [0.3, 0.4) is 0 Å². The average Bonchev–Trinajstić information content (AvgIpc) is 3.21. The second kappa shape index (κ2) is 10.2. The van der Waals surface area contributed by atoms with Crippen molar-refractivity contribution < 1.29 is 14.3 Å². The van der Waals surface area contributed by atoms with Crippen LogP contribution in [0.4, 0.5) is 16.3 Å². The van der Waals surface area contributed by atoms with Gasteiger partial charge in [-0.05, 0) is 81.8 Å². The van der Waals surface area contributed by atoms with E-state index in [1.54, 1.807) is 64.2 Å². The molecule has 2 N–H and O–H groups in total. The third-order valence-electron chi connectivity index (χ3n) is 6.20. The van der Waals surface area contributed by atoms with Gasteiger partial charge in [0, 0.05) is 7.05 Å². The minimum absolute atomic E-state index is 0.156. The number of para-hydroxylation sites is 1. The van der Waals surface area contributed by atoms with Gasteiger partial charge in [-0.3, -0.25) is 9.47 Å². The molecule has 40 heavy (non-hydrogen) atoms. The molecule has 0 radical (unpaired) electrons. The Morgan fingerprint density at radius 2 is 1.55 bits per heavy atom. The van der Waals surface area contributed by atoms with E-state index in [4.69, 9.17) is 15.2 Å². The molecule has 1 amide bonds. The van der Waals surface area contributed by atoms with Gasteiger partial charge in [0.2, 0.25) is 0 Å². The lowest BCUT2D eigenvalue weighted by Gasteiger charge is -2.26. The number of rotatable bonds is 5. The normalized spacial score (nSPS) is 11.4. The van der Waals surface area contributed by atoms with Gasteiger partial charge in [-0.25, -0.2) is 24.1 Å². The molecule has 10 nitrogen and oxygen atoms in total. The number of aryl methyl sites for hydroxylation is 1. The number of hydrogen-bond acceptors (Lipinski definition) is 7. The number of nitrogens with zero attached hydrogens (tertiary/aromatic N) is 5. The summed E-state index contributed by atoms with van der Waals surface area (Å²) in [5.74, 6) is 1.47. The van der Waals surface area contributed by atoms with Crippen LogP contribution >= 0.6 is 0 Å². The van der Waals surface area contributed by atoms with Crippen LogP contribution in [0.1, 0.15) is 26.3 Å². The van der Waals surface area contributed by atoms with E-state index in [0.717, 1.165) is 5.56 Å². The summed E-state index contributed by atoms with van der Waals surface area (Å²) in [6, 6.07) is 21.9. The molecule has 5 aromatic rings. The predicted molar refractivity (Wildman–Crippen MR) is 155 cm³/mol. The summed E-state index contributed by atoms with van der Waals surface area (Å²) in [5, 5.41) is 0. The van der Waals surface area contributed by atoms with Crippen LogP contribution in [0.5, 0.6) is 11.5 Å². The van der Waals surface area contributed by atoms with Crippen LogP contribution in [0.25, 0.3) is 22.5 Å². The number of carbonyl (C=O) groups excluding carboxylic acids is 1. The third kappa shape index (κ3) is 5.11. The fraction of sp³-hybridized carbons (Fsp3) is 0.200. The van der Waals surface area contributed by atoms with Crippen molar-refractivity contribution in [3.8, 4) is 22.9 Å². The molecule has 10 heteroatoms. The van der Waals surface area contributed by atoms with Crippen molar-refractivity contribution in [1.29, 1.82) is 0 Å². The quantitative estimate of drug-likeness (QED) is 0.308. The Kier molecular flexibility index (Phi) is 6.76. The van der Waals surface area contributed by atoms with Crippen molar-refractivity contribution >= 4 is 28.8 Å². The average molecular weight is 539 g/mol. The fourth-order valence-electron chi connectivity index (χ4n) is 4.33. The van der Waals surface area contributed by atoms with Crippen LogP contribution < -0.4 is 21.1 Å². The highest BCUT2D eigenvalue weighted by Gasteiger charge is 2.24. The zero-order valence-electron chi connectivity index (χ0n) is 23.0. The molecule has 0 aliphatic rings. The monoisotopic (exact) mass is 538 g/mol. The van der Waals surface area contributed by atoms with E-state index < -0.39 is 17.4 Å². The van der Waals surface area contributed by atoms with E-state index in [2.05, 4.69) is 9.97 Å². The molecule has 0 fully saturated rings. The number of imidazole rings is 1. The number of aromatic nitrogens is 4. The zero-order chi connectivity index (χ0) is 28.6. The van der Waals surface area contributed by atoms with Crippen molar-refractivity contribution in [1.82, 2.24) is 19.1 Å². The van der Waals surface area contributed by atoms with Crippen LogP contribution in [0.2, 0.25) is 0 Å². The van der Waals surface area contributed by atoms with Crippen molar-refractivity contribution in [3.05, 3.63) is 95.2 Å². The highest BCUT2D eigenvalue weighted by atomic mass is 16.6. The highest BCUT2D eigenvalue weighted by Crippen LogP contribution is 2.29. The molecule has 0 unspecified atom stereocenters. The summed E-state index contributed by atoms with van der Waals surface area (Å²) in [6.07, 6.45) is 0.809. The maximum absolute atomic E-state index is 14.0. The first-order valence-corrected chi connectivity index (χ1v) is 12.7. The van der Waals surface area contributed by atoms with Crippen molar-refractivity contribution in [3.63, 3.8) is 0 Å². The fourth-order valence-corrected chi connectivity index (χ4v) is 4.33. The zero-order valence-corrected chi connectivity index (χ0v) is 23.0. The van der Waals surface area contributed by atoms with Gasteiger partial charge in [-0.15, -0.1) is 0 Å². The van der Waals surface area contributed by atoms with E-state index in [0.29, 0.717) is 39.7 Å². The van der Waals surface area contributed by atoms with Crippen molar-refractivity contribution in [2.45, 2.75) is 33.3 Å². The second-order valence-electron chi connectivity index (χ2n) is 10.3.